The smallest absolute Gasteiger partial charge is 0.475 e. The number of aliphatic carboxylic acids is 1. The van der Waals surface area contributed by atoms with E-state index in [4.69, 9.17) is 20.1 Å². The number of halogens is 3. The number of aliphatic hydroxyl groups is 1. The fourth-order valence-electron chi connectivity index (χ4n) is 3.58. The highest BCUT2D eigenvalue weighted by Gasteiger charge is 2.38. The largest absolute Gasteiger partial charge is 0.490 e. The van der Waals surface area contributed by atoms with E-state index < -0.39 is 30.3 Å². The molecule has 1 fully saturated rings. The molecule has 11 heteroatoms. The lowest BCUT2D eigenvalue weighted by Crippen LogP contribution is -2.50. The Labute approximate surface area is 183 Å². The van der Waals surface area contributed by atoms with Gasteiger partial charge in [-0.1, -0.05) is 38.3 Å². The molecule has 1 saturated carbocycles. The third kappa shape index (κ3) is 6.92. The number of nitrogens with two attached hydrogens (primary N) is 1. The molecule has 1 aliphatic carbocycles. The van der Waals surface area contributed by atoms with Gasteiger partial charge in [0.15, 0.2) is 11.7 Å². The van der Waals surface area contributed by atoms with Crippen LogP contribution in [0.5, 0.6) is 0 Å². The van der Waals surface area contributed by atoms with Crippen LogP contribution in [-0.4, -0.2) is 45.3 Å². The van der Waals surface area contributed by atoms with E-state index in [0.717, 1.165) is 25.7 Å². The number of alkyl halides is 3. The van der Waals surface area contributed by atoms with E-state index in [1.165, 1.54) is 6.42 Å². The number of amides is 1. The number of aliphatic hydroxyl groups excluding tert-OH is 1. The number of carbonyl (C=O) groups excluding carboxylic acids is 1. The molecule has 2 aromatic rings. The zero-order chi connectivity index (χ0) is 23.9. The van der Waals surface area contributed by atoms with Crippen LogP contribution < -0.4 is 11.1 Å². The summed E-state index contributed by atoms with van der Waals surface area (Å²) in [5.41, 5.74) is 7.48. The second-order valence-corrected chi connectivity index (χ2v) is 7.71. The predicted molar refractivity (Wildman–Crippen MR) is 109 cm³/mol. The summed E-state index contributed by atoms with van der Waals surface area (Å²) < 4.78 is 37.4. The molecule has 1 aliphatic rings. The number of para-hydroxylation sites is 2. The van der Waals surface area contributed by atoms with Crippen LogP contribution in [0.25, 0.3) is 11.1 Å². The molecule has 8 nitrogen and oxygen atoms in total. The summed E-state index contributed by atoms with van der Waals surface area (Å²) in [6, 6.07) is 6.35. The molecule has 1 amide bonds. The summed E-state index contributed by atoms with van der Waals surface area (Å²) in [7, 11) is 0. The summed E-state index contributed by atoms with van der Waals surface area (Å²) in [5.74, 6) is -2.51. The first-order valence-electron chi connectivity index (χ1n) is 10.4. The summed E-state index contributed by atoms with van der Waals surface area (Å²) in [6.07, 6.45) is -0.0390. The fraction of sp³-hybridized carbons (Fsp3) is 0.571. The Morgan fingerprint density at radius 3 is 2.38 bits per heavy atom. The van der Waals surface area contributed by atoms with E-state index in [2.05, 4.69) is 10.3 Å². The number of carboxylic acid groups (broad SMARTS) is 1. The highest BCUT2D eigenvalue weighted by Crippen LogP contribution is 2.27. The number of oxazole rings is 1. The lowest BCUT2D eigenvalue weighted by molar-refractivity contribution is -0.192. The first-order valence-corrected chi connectivity index (χ1v) is 10.4. The van der Waals surface area contributed by atoms with Gasteiger partial charge in [0.05, 0.1) is 12.1 Å². The number of carboxylic acids is 1. The second-order valence-electron chi connectivity index (χ2n) is 7.71. The predicted octanol–water partition coefficient (Wildman–Crippen LogP) is 3.30. The second kappa shape index (κ2) is 11.3. The van der Waals surface area contributed by atoms with Gasteiger partial charge in [-0.05, 0) is 37.3 Å². The molecule has 3 unspecified atom stereocenters. The number of hydrogen-bond donors (Lipinski definition) is 4. The van der Waals surface area contributed by atoms with Crippen LogP contribution in [0.1, 0.15) is 57.4 Å². The quantitative estimate of drug-likeness (QED) is 0.520. The summed E-state index contributed by atoms with van der Waals surface area (Å²) in [4.78, 5) is 25.7. The van der Waals surface area contributed by atoms with Crippen molar-refractivity contribution in [1.29, 1.82) is 0 Å². The monoisotopic (exact) mass is 459 g/mol. The Balaban J connectivity index is 0.000000451. The standard InChI is InChI=1S/C19H27N3O3.C2HF3O2/c1-2-13(21-18(24)16(20)12-8-4-3-5-9-12)17(23)19-22-14-10-6-7-11-15(14)25-19;3-2(4,5)1(6)7/h6-7,10-13,16-17,23H,2-5,8-9,20H2,1H3,(H,21,24);(H,6,7). The molecular formula is C21H28F3N3O5. The van der Waals surface area contributed by atoms with Crippen LogP contribution in [0, 0.1) is 5.92 Å². The molecule has 32 heavy (non-hydrogen) atoms. The van der Waals surface area contributed by atoms with Crippen LogP contribution in [0.4, 0.5) is 13.2 Å². The Morgan fingerprint density at radius 2 is 1.84 bits per heavy atom. The van der Waals surface area contributed by atoms with Gasteiger partial charge in [-0.25, -0.2) is 9.78 Å². The van der Waals surface area contributed by atoms with Crippen LogP contribution >= 0.6 is 0 Å². The molecule has 1 aromatic carbocycles. The van der Waals surface area contributed by atoms with E-state index in [0.29, 0.717) is 17.5 Å². The number of fused-ring (bicyclic) bond motifs is 1. The first kappa shape index (κ1) is 25.6. The number of rotatable bonds is 6. The summed E-state index contributed by atoms with van der Waals surface area (Å²) >= 11 is 0. The molecule has 1 heterocycles. The minimum Gasteiger partial charge on any atom is -0.475 e. The highest BCUT2D eigenvalue weighted by molar-refractivity contribution is 5.82. The van der Waals surface area contributed by atoms with Crippen LogP contribution in [0.3, 0.4) is 0 Å². The lowest BCUT2D eigenvalue weighted by atomic mass is 9.84. The Bertz CT molecular complexity index is 863. The van der Waals surface area contributed by atoms with Gasteiger partial charge in [-0.15, -0.1) is 0 Å². The molecular weight excluding hydrogens is 431 g/mol. The fourth-order valence-corrected chi connectivity index (χ4v) is 3.58. The molecule has 0 aliphatic heterocycles. The molecule has 178 valence electrons. The van der Waals surface area contributed by atoms with Gasteiger partial charge in [-0.2, -0.15) is 13.2 Å². The third-order valence-corrected chi connectivity index (χ3v) is 5.42. The Hall–Kier alpha value is -2.66. The first-order chi connectivity index (χ1) is 15.0. The molecule has 0 radical (unpaired) electrons. The van der Waals surface area contributed by atoms with Crippen molar-refractivity contribution < 1.29 is 37.4 Å². The minimum absolute atomic E-state index is 0.200. The zero-order valence-corrected chi connectivity index (χ0v) is 17.6. The maximum atomic E-state index is 12.5. The third-order valence-electron chi connectivity index (χ3n) is 5.42. The molecule has 3 rings (SSSR count). The van der Waals surface area contributed by atoms with E-state index >= 15 is 0 Å². The number of nitrogens with zero attached hydrogens (tertiary/aromatic N) is 1. The van der Waals surface area contributed by atoms with Crippen molar-refractivity contribution in [2.24, 2.45) is 11.7 Å². The zero-order valence-electron chi connectivity index (χ0n) is 17.6. The van der Waals surface area contributed by atoms with Crippen molar-refractivity contribution in [2.45, 2.75) is 69.8 Å². The maximum Gasteiger partial charge on any atom is 0.490 e. The number of benzene rings is 1. The van der Waals surface area contributed by atoms with Crippen LogP contribution in [-0.2, 0) is 9.59 Å². The van der Waals surface area contributed by atoms with Crippen molar-refractivity contribution in [3.05, 3.63) is 30.2 Å². The van der Waals surface area contributed by atoms with Gasteiger partial charge in [-0.3, -0.25) is 4.79 Å². The van der Waals surface area contributed by atoms with E-state index in [9.17, 15) is 23.1 Å². The van der Waals surface area contributed by atoms with Gasteiger partial charge in [0, 0.05) is 0 Å². The average molecular weight is 459 g/mol. The van der Waals surface area contributed by atoms with Crippen LogP contribution in [0.15, 0.2) is 28.7 Å². The maximum absolute atomic E-state index is 12.5. The van der Waals surface area contributed by atoms with E-state index in [-0.39, 0.29) is 17.7 Å². The van der Waals surface area contributed by atoms with Gasteiger partial charge in [0.2, 0.25) is 11.8 Å². The molecule has 0 spiro atoms. The van der Waals surface area contributed by atoms with Crippen molar-refractivity contribution >= 4 is 23.0 Å². The minimum atomic E-state index is -5.08. The summed E-state index contributed by atoms with van der Waals surface area (Å²) in [5, 5.41) is 20.6. The number of carbonyl (C=O) groups is 2. The Morgan fingerprint density at radius 1 is 1.25 bits per heavy atom. The Kier molecular flexibility index (Phi) is 9.02. The molecule has 5 N–H and O–H groups in total. The number of hydrogen-bond acceptors (Lipinski definition) is 6. The topological polar surface area (TPSA) is 139 Å². The van der Waals surface area contributed by atoms with E-state index in [1.54, 1.807) is 6.07 Å². The number of aromatic nitrogens is 1. The SMILES string of the molecule is CCC(NC(=O)C(N)C1CCCCC1)C(O)c1nc2ccccc2o1.O=C(O)C(F)(F)F. The van der Waals surface area contributed by atoms with Crippen molar-refractivity contribution in [3.63, 3.8) is 0 Å². The van der Waals surface area contributed by atoms with Gasteiger partial charge < -0.3 is 25.7 Å². The van der Waals surface area contributed by atoms with E-state index in [1.807, 2.05) is 25.1 Å². The molecule has 3 atom stereocenters. The highest BCUT2D eigenvalue weighted by atomic mass is 19.4. The molecule has 1 aromatic heterocycles. The van der Waals surface area contributed by atoms with Crippen LogP contribution in [0.2, 0.25) is 0 Å². The molecule has 0 saturated heterocycles. The van der Waals surface area contributed by atoms with Crippen molar-refractivity contribution in [3.8, 4) is 0 Å². The molecule has 0 bridgehead atoms. The normalized spacial score (nSPS) is 17.7. The van der Waals surface area contributed by atoms with Gasteiger partial charge >= 0.3 is 12.1 Å². The average Bonchev–Trinajstić information content (AvgIpc) is 3.21. The summed E-state index contributed by atoms with van der Waals surface area (Å²) in [6.45, 7) is 1.91. The van der Waals surface area contributed by atoms with Gasteiger partial charge in [0.1, 0.15) is 5.52 Å². The lowest BCUT2D eigenvalue weighted by Gasteiger charge is -2.29. The number of nitrogens with one attached hydrogen (secondary N) is 1. The van der Waals surface area contributed by atoms with Crippen molar-refractivity contribution in [1.82, 2.24) is 10.3 Å². The van der Waals surface area contributed by atoms with Gasteiger partial charge in [0.25, 0.3) is 0 Å². The van der Waals surface area contributed by atoms with Crippen molar-refractivity contribution in [2.75, 3.05) is 0 Å².